The molecule has 0 fully saturated rings. The zero-order chi connectivity index (χ0) is 11.5. The number of nitrogens with two attached hydrogens (primary N) is 1. The van der Waals surface area contributed by atoms with Crippen molar-refractivity contribution in [3.05, 3.63) is 16.6 Å². The number of rotatable bonds is 4. The van der Waals surface area contributed by atoms with Crippen LogP contribution in [0.4, 0.5) is 0 Å². The van der Waals surface area contributed by atoms with E-state index in [4.69, 9.17) is 5.73 Å². The van der Waals surface area contributed by atoms with Crippen LogP contribution in [-0.4, -0.2) is 16.8 Å². The van der Waals surface area contributed by atoms with Gasteiger partial charge in [-0.25, -0.2) is 0 Å². The van der Waals surface area contributed by atoms with E-state index in [2.05, 4.69) is 25.8 Å². The van der Waals surface area contributed by atoms with Crippen molar-refractivity contribution in [3.8, 4) is 0 Å². The lowest BCUT2D eigenvalue weighted by Gasteiger charge is -2.26. The monoisotopic (exact) mass is 226 g/mol. The van der Waals surface area contributed by atoms with E-state index >= 15 is 0 Å². The fraction of sp³-hybridized carbons (Fsp3) is 0.636. The first-order valence-electron chi connectivity index (χ1n) is 5.04. The minimum absolute atomic E-state index is 0.0106. The Balaban J connectivity index is 2.43. The summed E-state index contributed by atoms with van der Waals surface area (Å²) in [6.45, 7) is 6.16. The van der Waals surface area contributed by atoms with Gasteiger partial charge in [0.2, 0.25) is 0 Å². The summed E-state index contributed by atoms with van der Waals surface area (Å²) in [5, 5.41) is 0. The van der Waals surface area contributed by atoms with Crippen LogP contribution in [-0.2, 0) is 11.2 Å². The molecule has 0 amide bonds. The summed E-state index contributed by atoms with van der Waals surface area (Å²) in [5.74, 6) is 0.196. The SMILES string of the molecule is CC(C)(C)C(N)CC(=O)Cc1cncs1. The Labute approximate surface area is 94.7 Å². The fourth-order valence-corrected chi connectivity index (χ4v) is 1.77. The molecular weight excluding hydrogens is 208 g/mol. The Kier molecular flexibility index (Phi) is 3.99. The third-order valence-corrected chi connectivity index (χ3v) is 3.19. The second kappa shape index (κ2) is 4.86. The van der Waals surface area contributed by atoms with Crippen LogP contribution in [0, 0.1) is 5.41 Å². The summed E-state index contributed by atoms with van der Waals surface area (Å²) in [6, 6.07) is -0.0714. The first-order chi connectivity index (χ1) is 6.89. The molecule has 84 valence electrons. The van der Waals surface area contributed by atoms with Gasteiger partial charge in [-0.1, -0.05) is 20.8 Å². The molecule has 2 N–H and O–H groups in total. The summed E-state index contributed by atoms with van der Waals surface area (Å²) in [6.07, 6.45) is 2.65. The number of carbonyl (C=O) groups excluding carboxylic acids is 1. The maximum atomic E-state index is 11.7. The van der Waals surface area contributed by atoms with E-state index in [1.165, 1.54) is 11.3 Å². The molecule has 3 nitrogen and oxygen atoms in total. The molecule has 1 atom stereocenters. The molecule has 0 saturated carbocycles. The van der Waals surface area contributed by atoms with E-state index in [-0.39, 0.29) is 17.2 Å². The third kappa shape index (κ3) is 4.10. The number of nitrogens with zero attached hydrogens (tertiary/aromatic N) is 1. The van der Waals surface area contributed by atoms with Gasteiger partial charge in [-0.2, -0.15) is 0 Å². The zero-order valence-corrected chi connectivity index (χ0v) is 10.3. The molecule has 15 heavy (non-hydrogen) atoms. The molecule has 0 aliphatic carbocycles. The predicted octanol–water partition coefficient (Wildman–Crippen LogP) is 2.02. The van der Waals surface area contributed by atoms with Crippen LogP contribution in [0.25, 0.3) is 0 Å². The lowest BCUT2D eigenvalue weighted by atomic mass is 9.84. The van der Waals surface area contributed by atoms with Crippen molar-refractivity contribution in [1.29, 1.82) is 0 Å². The topological polar surface area (TPSA) is 56.0 Å². The van der Waals surface area contributed by atoms with E-state index in [1.54, 1.807) is 11.7 Å². The maximum Gasteiger partial charge on any atom is 0.139 e. The van der Waals surface area contributed by atoms with Crippen molar-refractivity contribution in [1.82, 2.24) is 4.98 Å². The van der Waals surface area contributed by atoms with Gasteiger partial charge in [0.05, 0.1) is 5.51 Å². The van der Waals surface area contributed by atoms with Crippen LogP contribution in [0.5, 0.6) is 0 Å². The third-order valence-electron chi connectivity index (χ3n) is 2.41. The van der Waals surface area contributed by atoms with Gasteiger partial charge < -0.3 is 5.73 Å². The van der Waals surface area contributed by atoms with Gasteiger partial charge in [0.25, 0.3) is 0 Å². The Hall–Kier alpha value is -0.740. The first-order valence-corrected chi connectivity index (χ1v) is 5.92. The zero-order valence-electron chi connectivity index (χ0n) is 9.49. The molecular formula is C11H18N2OS. The van der Waals surface area contributed by atoms with Gasteiger partial charge in [0, 0.05) is 30.0 Å². The molecule has 0 aromatic carbocycles. The summed E-state index contributed by atoms with van der Waals surface area (Å²) in [7, 11) is 0. The van der Waals surface area contributed by atoms with Crippen LogP contribution in [0.3, 0.4) is 0 Å². The molecule has 1 aromatic rings. The van der Waals surface area contributed by atoms with Crippen LogP contribution >= 0.6 is 11.3 Å². The van der Waals surface area contributed by atoms with Crippen LogP contribution in [0.2, 0.25) is 0 Å². The Bertz CT molecular complexity index is 314. The number of Topliss-reactive ketones (excluding diaryl/α,β-unsaturated/α-hetero) is 1. The molecule has 4 heteroatoms. The first kappa shape index (κ1) is 12.3. The Morgan fingerprint density at radius 3 is 2.73 bits per heavy atom. The highest BCUT2D eigenvalue weighted by molar-refractivity contribution is 7.09. The van der Waals surface area contributed by atoms with Crippen molar-refractivity contribution < 1.29 is 4.79 Å². The van der Waals surface area contributed by atoms with E-state index in [1.807, 2.05) is 0 Å². The van der Waals surface area contributed by atoms with Gasteiger partial charge in [-0.05, 0) is 5.41 Å². The molecule has 0 spiro atoms. The van der Waals surface area contributed by atoms with E-state index in [0.29, 0.717) is 12.8 Å². The number of hydrogen-bond donors (Lipinski definition) is 1. The van der Waals surface area contributed by atoms with Crippen molar-refractivity contribution in [2.45, 2.75) is 39.7 Å². The lowest BCUT2D eigenvalue weighted by Crippen LogP contribution is -2.37. The number of ketones is 1. The largest absolute Gasteiger partial charge is 0.327 e. The van der Waals surface area contributed by atoms with Crippen LogP contribution in [0.15, 0.2) is 11.7 Å². The van der Waals surface area contributed by atoms with Gasteiger partial charge in [-0.15, -0.1) is 11.3 Å². The standard InChI is InChI=1S/C11H18N2OS/c1-11(2,3)10(12)5-8(14)4-9-6-13-7-15-9/h6-7,10H,4-5,12H2,1-3H3. The van der Waals surface area contributed by atoms with Crippen LogP contribution < -0.4 is 5.73 Å². The number of aromatic nitrogens is 1. The smallest absolute Gasteiger partial charge is 0.139 e. The van der Waals surface area contributed by atoms with E-state index < -0.39 is 0 Å². The van der Waals surface area contributed by atoms with Crippen molar-refractivity contribution in [2.75, 3.05) is 0 Å². The summed E-state index contributed by atoms with van der Waals surface area (Å²) >= 11 is 1.51. The minimum atomic E-state index is -0.0714. The van der Waals surface area contributed by atoms with E-state index in [0.717, 1.165) is 4.88 Å². The van der Waals surface area contributed by atoms with Gasteiger partial charge in [-0.3, -0.25) is 9.78 Å². The second-order valence-corrected chi connectivity index (χ2v) is 5.83. The highest BCUT2D eigenvalue weighted by Gasteiger charge is 2.23. The number of thiazole rings is 1. The lowest BCUT2D eigenvalue weighted by molar-refractivity contribution is -0.119. The molecule has 0 aliphatic heterocycles. The molecule has 1 aromatic heterocycles. The van der Waals surface area contributed by atoms with Gasteiger partial charge in [0.1, 0.15) is 5.78 Å². The van der Waals surface area contributed by atoms with Crippen molar-refractivity contribution in [2.24, 2.45) is 11.1 Å². The molecule has 1 rings (SSSR count). The quantitative estimate of drug-likeness (QED) is 0.854. The normalized spacial score (nSPS) is 13.9. The van der Waals surface area contributed by atoms with Crippen molar-refractivity contribution >= 4 is 17.1 Å². The molecule has 1 unspecified atom stereocenters. The summed E-state index contributed by atoms with van der Waals surface area (Å²) in [4.78, 5) is 16.6. The predicted molar refractivity (Wildman–Crippen MR) is 62.9 cm³/mol. The number of hydrogen-bond acceptors (Lipinski definition) is 4. The highest BCUT2D eigenvalue weighted by Crippen LogP contribution is 2.20. The molecule has 0 saturated heterocycles. The average molecular weight is 226 g/mol. The van der Waals surface area contributed by atoms with E-state index in [9.17, 15) is 4.79 Å². The fourth-order valence-electron chi connectivity index (χ4n) is 1.15. The Morgan fingerprint density at radius 1 is 1.60 bits per heavy atom. The van der Waals surface area contributed by atoms with Gasteiger partial charge in [0.15, 0.2) is 0 Å². The Morgan fingerprint density at radius 2 is 2.27 bits per heavy atom. The molecule has 0 bridgehead atoms. The highest BCUT2D eigenvalue weighted by atomic mass is 32.1. The molecule has 0 aliphatic rings. The summed E-state index contributed by atoms with van der Waals surface area (Å²) in [5.41, 5.74) is 7.68. The molecule has 0 radical (unpaired) electrons. The van der Waals surface area contributed by atoms with Crippen molar-refractivity contribution in [3.63, 3.8) is 0 Å². The maximum absolute atomic E-state index is 11.7. The molecule has 1 heterocycles. The van der Waals surface area contributed by atoms with Gasteiger partial charge >= 0.3 is 0 Å². The average Bonchev–Trinajstić information content (AvgIpc) is 2.54. The second-order valence-electron chi connectivity index (χ2n) is 4.86. The number of carbonyl (C=O) groups is 1. The summed E-state index contributed by atoms with van der Waals surface area (Å²) < 4.78 is 0. The van der Waals surface area contributed by atoms with Crippen LogP contribution in [0.1, 0.15) is 32.1 Å². The minimum Gasteiger partial charge on any atom is -0.327 e.